The number of halogens is 3. The third-order valence-electron chi connectivity index (χ3n) is 8.93. The highest BCUT2D eigenvalue weighted by Gasteiger charge is 2.41. The van der Waals surface area contributed by atoms with Crippen molar-refractivity contribution in [1.82, 2.24) is 15.1 Å². The number of benzene rings is 2. The Morgan fingerprint density at radius 1 is 1.16 bits per heavy atom. The molecule has 240 valence electrons. The number of nitrogens with one attached hydrogen (secondary N) is 2. The summed E-state index contributed by atoms with van der Waals surface area (Å²) in [6, 6.07) is 11.5. The Kier molecular flexibility index (Phi) is 9.96. The quantitative estimate of drug-likeness (QED) is 0.347. The van der Waals surface area contributed by atoms with Crippen molar-refractivity contribution in [2.45, 2.75) is 76.5 Å². The van der Waals surface area contributed by atoms with Crippen molar-refractivity contribution in [3.8, 4) is 0 Å². The van der Waals surface area contributed by atoms with Gasteiger partial charge >= 0.3 is 6.18 Å². The van der Waals surface area contributed by atoms with Gasteiger partial charge in [-0.1, -0.05) is 45.0 Å². The molecule has 0 spiro atoms. The molecule has 4 rings (SSSR count). The number of fused-ring (bicyclic) bond motifs is 1. The standard InChI is InChI=1S/C32H43F3N4O4Si/c1-31(2,3)44(5,6)43-25-12-13-39(18-25)19-27(23-8-7-9-24(16-23)30(42)36-20-32(33,34)35)38(4)29(41)15-21-10-11-22-17-28(40)37-26(22)14-21/h7-11,14,16,25,27H,12-13,15,17-20H2,1-6H3,(H,36,42)(H,37,40)/t25-,27?/m0/s1. The molecule has 3 amide bonds. The highest BCUT2D eigenvalue weighted by atomic mass is 28.4. The topological polar surface area (TPSA) is 91.0 Å². The number of likely N-dealkylation sites (tertiary alicyclic amines) is 1. The first-order valence-electron chi connectivity index (χ1n) is 14.9. The number of carbonyl (C=O) groups excluding carboxylic acids is 3. The van der Waals surface area contributed by atoms with Gasteiger partial charge in [-0.15, -0.1) is 0 Å². The summed E-state index contributed by atoms with van der Waals surface area (Å²) in [5.74, 6) is -1.08. The molecule has 0 saturated carbocycles. The van der Waals surface area contributed by atoms with Crippen LogP contribution in [0.2, 0.25) is 18.1 Å². The molecule has 12 heteroatoms. The van der Waals surface area contributed by atoms with Crippen molar-refractivity contribution in [2.24, 2.45) is 0 Å². The van der Waals surface area contributed by atoms with E-state index >= 15 is 0 Å². The SMILES string of the molecule is CN(C(=O)Cc1ccc2c(c1)NC(=O)C2)C(CN1CC[C@H](O[Si](C)(C)C(C)(C)C)C1)c1cccc(C(=O)NCC(F)(F)F)c1. The summed E-state index contributed by atoms with van der Waals surface area (Å²) in [5.41, 5.74) is 3.09. The zero-order valence-electron chi connectivity index (χ0n) is 26.3. The molecule has 2 heterocycles. The highest BCUT2D eigenvalue weighted by Crippen LogP contribution is 2.38. The molecule has 2 aromatic carbocycles. The lowest BCUT2D eigenvalue weighted by Gasteiger charge is -2.38. The maximum Gasteiger partial charge on any atom is 0.405 e. The molecule has 44 heavy (non-hydrogen) atoms. The lowest BCUT2D eigenvalue weighted by Crippen LogP contribution is -2.45. The minimum Gasteiger partial charge on any atom is -0.413 e. The predicted molar refractivity (Wildman–Crippen MR) is 166 cm³/mol. The number of hydrogen-bond donors (Lipinski definition) is 2. The third-order valence-corrected chi connectivity index (χ3v) is 13.5. The van der Waals surface area contributed by atoms with Crippen LogP contribution in [-0.4, -0.2) is 81.3 Å². The van der Waals surface area contributed by atoms with E-state index in [2.05, 4.69) is 44.1 Å². The van der Waals surface area contributed by atoms with Crippen LogP contribution in [0.15, 0.2) is 42.5 Å². The van der Waals surface area contributed by atoms with Gasteiger partial charge in [-0.3, -0.25) is 19.3 Å². The molecule has 0 aliphatic carbocycles. The van der Waals surface area contributed by atoms with Gasteiger partial charge in [-0.05, 0) is 59.4 Å². The second-order valence-corrected chi connectivity index (χ2v) is 18.1. The molecule has 2 aliphatic heterocycles. The van der Waals surface area contributed by atoms with Gasteiger partial charge in [0, 0.05) is 37.9 Å². The zero-order valence-corrected chi connectivity index (χ0v) is 27.3. The fraction of sp³-hybridized carbons (Fsp3) is 0.531. The van der Waals surface area contributed by atoms with Gasteiger partial charge in [-0.25, -0.2) is 0 Å². The average Bonchev–Trinajstić information content (AvgIpc) is 3.53. The Morgan fingerprint density at radius 2 is 1.89 bits per heavy atom. The van der Waals surface area contributed by atoms with Crippen molar-refractivity contribution in [2.75, 3.05) is 38.5 Å². The van der Waals surface area contributed by atoms with Crippen LogP contribution >= 0.6 is 0 Å². The minimum absolute atomic E-state index is 0.0682. The molecule has 0 bridgehead atoms. The Balaban J connectivity index is 1.54. The van der Waals surface area contributed by atoms with Gasteiger partial charge in [-0.2, -0.15) is 13.2 Å². The first-order valence-corrected chi connectivity index (χ1v) is 17.8. The maximum absolute atomic E-state index is 13.7. The molecule has 1 unspecified atom stereocenters. The predicted octanol–water partition coefficient (Wildman–Crippen LogP) is 5.31. The lowest BCUT2D eigenvalue weighted by atomic mass is 10.0. The van der Waals surface area contributed by atoms with Gasteiger partial charge in [0.1, 0.15) is 6.54 Å². The van der Waals surface area contributed by atoms with Gasteiger partial charge in [0.25, 0.3) is 5.91 Å². The zero-order chi connectivity index (χ0) is 32.4. The Labute approximate surface area is 258 Å². The van der Waals surface area contributed by atoms with Crippen LogP contribution in [0.3, 0.4) is 0 Å². The molecule has 2 aromatic rings. The molecular weight excluding hydrogens is 589 g/mol. The normalized spacial score (nSPS) is 18.1. The van der Waals surface area contributed by atoms with E-state index in [4.69, 9.17) is 4.43 Å². The molecule has 8 nitrogen and oxygen atoms in total. The minimum atomic E-state index is -4.53. The summed E-state index contributed by atoms with van der Waals surface area (Å²) in [6.45, 7) is 11.6. The summed E-state index contributed by atoms with van der Waals surface area (Å²) >= 11 is 0. The van der Waals surface area contributed by atoms with E-state index in [1.165, 1.54) is 6.07 Å². The fourth-order valence-corrected chi connectivity index (χ4v) is 6.74. The van der Waals surface area contributed by atoms with Crippen molar-refractivity contribution >= 4 is 31.7 Å². The fourth-order valence-electron chi connectivity index (χ4n) is 5.36. The summed E-state index contributed by atoms with van der Waals surface area (Å²) in [7, 11) is -0.275. The van der Waals surface area contributed by atoms with E-state index in [9.17, 15) is 27.6 Å². The van der Waals surface area contributed by atoms with Gasteiger partial charge in [0.2, 0.25) is 11.8 Å². The summed E-state index contributed by atoms with van der Waals surface area (Å²) in [5, 5.41) is 4.82. The van der Waals surface area contributed by atoms with E-state index < -0.39 is 33.0 Å². The monoisotopic (exact) mass is 632 g/mol. The van der Waals surface area contributed by atoms with Gasteiger partial charge in [0.15, 0.2) is 8.32 Å². The molecule has 2 aliphatic rings. The van der Waals surface area contributed by atoms with Crippen LogP contribution in [0.4, 0.5) is 18.9 Å². The molecule has 0 radical (unpaired) electrons. The smallest absolute Gasteiger partial charge is 0.405 e. The Bertz CT molecular complexity index is 1390. The number of hydrogen-bond acceptors (Lipinski definition) is 5. The first kappa shape index (κ1) is 33.7. The van der Waals surface area contributed by atoms with E-state index in [0.29, 0.717) is 30.8 Å². The molecule has 2 N–H and O–H groups in total. The van der Waals surface area contributed by atoms with E-state index in [1.54, 1.807) is 30.1 Å². The van der Waals surface area contributed by atoms with Crippen LogP contribution in [-0.2, 0) is 26.9 Å². The Hall–Kier alpha value is -3.22. The van der Waals surface area contributed by atoms with Crippen molar-refractivity contribution < 1.29 is 32.0 Å². The van der Waals surface area contributed by atoms with Crippen LogP contribution in [0.1, 0.15) is 60.3 Å². The first-order chi connectivity index (χ1) is 20.4. The number of anilines is 1. The second kappa shape index (κ2) is 13.0. The van der Waals surface area contributed by atoms with Crippen molar-refractivity contribution in [3.63, 3.8) is 0 Å². The maximum atomic E-state index is 13.7. The molecular formula is C32H43F3N4O4Si. The third kappa shape index (κ3) is 8.48. The van der Waals surface area contributed by atoms with Gasteiger partial charge in [0.05, 0.1) is 25.0 Å². The summed E-state index contributed by atoms with van der Waals surface area (Å²) in [4.78, 5) is 41.9. The largest absolute Gasteiger partial charge is 0.413 e. The molecule has 2 atom stereocenters. The molecule has 1 fully saturated rings. The van der Waals surface area contributed by atoms with E-state index in [-0.39, 0.29) is 34.9 Å². The van der Waals surface area contributed by atoms with Crippen molar-refractivity contribution in [1.29, 1.82) is 0 Å². The van der Waals surface area contributed by atoms with Crippen LogP contribution in [0, 0.1) is 0 Å². The second-order valence-electron chi connectivity index (χ2n) is 13.4. The summed E-state index contributed by atoms with van der Waals surface area (Å²) < 4.78 is 44.9. The number of rotatable bonds is 10. The number of amides is 3. The number of carbonyl (C=O) groups is 3. The number of nitrogens with zero attached hydrogens (tertiary/aromatic N) is 2. The van der Waals surface area contributed by atoms with Crippen molar-refractivity contribution in [3.05, 3.63) is 64.7 Å². The van der Waals surface area contributed by atoms with Crippen LogP contribution < -0.4 is 10.6 Å². The number of likely N-dealkylation sites (N-methyl/N-ethyl adjacent to an activating group) is 1. The van der Waals surface area contributed by atoms with E-state index in [0.717, 1.165) is 24.1 Å². The average molecular weight is 633 g/mol. The molecule has 1 saturated heterocycles. The lowest BCUT2D eigenvalue weighted by molar-refractivity contribution is -0.131. The van der Waals surface area contributed by atoms with E-state index in [1.807, 2.05) is 23.5 Å². The van der Waals surface area contributed by atoms with Crippen LogP contribution in [0.5, 0.6) is 0 Å². The van der Waals surface area contributed by atoms with Gasteiger partial charge < -0.3 is 20.0 Å². The van der Waals surface area contributed by atoms with Crippen LogP contribution in [0.25, 0.3) is 0 Å². The highest BCUT2D eigenvalue weighted by molar-refractivity contribution is 6.74. The molecule has 0 aromatic heterocycles. The Morgan fingerprint density at radius 3 is 2.57 bits per heavy atom. The summed E-state index contributed by atoms with van der Waals surface area (Å²) in [6.07, 6.45) is -3.19. The number of alkyl halides is 3.